The summed E-state index contributed by atoms with van der Waals surface area (Å²) in [6, 6.07) is 12.6. The Hall–Kier alpha value is -2.53. The van der Waals surface area contributed by atoms with Crippen LogP contribution in [0, 0.1) is 31.7 Å². The molecule has 239 valence electrons. The maximum Gasteiger partial charge on any atom is 0.162 e. The van der Waals surface area contributed by atoms with Crippen LogP contribution in [0.15, 0.2) is 46.7 Å². The summed E-state index contributed by atoms with van der Waals surface area (Å²) in [7, 11) is -1.57. The number of allylic oxidation sites excluding steroid dienone is 2. The van der Waals surface area contributed by atoms with Gasteiger partial charge in [-0.1, -0.05) is 80.2 Å². The molecule has 0 unspecified atom stereocenters. The van der Waals surface area contributed by atoms with E-state index in [1.165, 1.54) is 33.3 Å². The van der Waals surface area contributed by atoms with Crippen molar-refractivity contribution in [2.75, 3.05) is 0 Å². The first-order valence-corrected chi connectivity index (χ1v) is 19.5. The minimum atomic E-state index is -1.57. The van der Waals surface area contributed by atoms with E-state index >= 15 is 0 Å². The number of aliphatic hydroxyl groups is 1. The molecule has 1 N–H and O–H groups in total. The van der Waals surface area contributed by atoms with E-state index in [0.29, 0.717) is 0 Å². The molecule has 2 heterocycles. The summed E-state index contributed by atoms with van der Waals surface area (Å²) in [4.78, 5) is 16.6. The summed E-state index contributed by atoms with van der Waals surface area (Å²) in [5.41, 5.74) is 8.96. The molecule has 0 saturated heterocycles. The molecule has 0 amide bonds. The van der Waals surface area contributed by atoms with E-state index in [4.69, 9.17) is 9.40 Å². The number of aliphatic hydroxyl groups excluding tert-OH is 1. The maximum absolute atomic E-state index is 11.7. The van der Waals surface area contributed by atoms with Crippen LogP contribution in [0.1, 0.15) is 89.5 Å². The minimum absolute atomic E-state index is 0. The van der Waals surface area contributed by atoms with Gasteiger partial charge in [-0.2, -0.15) is 0 Å². The van der Waals surface area contributed by atoms with Gasteiger partial charge in [0.05, 0.1) is 13.8 Å². The molecule has 44 heavy (non-hydrogen) atoms. The van der Waals surface area contributed by atoms with E-state index in [0.717, 1.165) is 59.1 Å². The fraction of sp³-hybridized carbons (Fsp3) is 0.474. The summed E-state index contributed by atoms with van der Waals surface area (Å²) in [6.07, 6.45) is 6.85. The van der Waals surface area contributed by atoms with Crippen LogP contribution in [0.2, 0.25) is 19.6 Å². The van der Waals surface area contributed by atoms with E-state index in [2.05, 4.69) is 77.7 Å². The normalized spacial score (nSPS) is 14.0. The number of carbonyl (C=O) groups is 1. The third-order valence-corrected chi connectivity index (χ3v) is 11.4. The largest absolute Gasteiger partial charge is 0.512 e. The first-order chi connectivity index (χ1) is 20.2. The number of aromatic nitrogens is 1. The molecule has 4 nitrogen and oxygen atoms in total. The van der Waals surface area contributed by atoms with Crippen LogP contribution < -0.4 is 5.19 Å². The van der Waals surface area contributed by atoms with Gasteiger partial charge in [-0.3, -0.25) is 4.79 Å². The van der Waals surface area contributed by atoms with Crippen LogP contribution in [0.25, 0.3) is 33.2 Å². The molecule has 0 fully saturated rings. The number of fused-ring (bicyclic) bond motifs is 2. The van der Waals surface area contributed by atoms with Crippen LogP contribution in [-0.2, 0) is 30.3 Å². The van der Waals surface area contributed by atoms with E-state index in [-0.39, 0.29) is 48.9 Å². The Morgan fingerprint density at radius 3 is 2.16 bits per heavy atom. The van der Waals surface area contributed by atoms with Crippen LogP contribution in [-0.4, -0.2) is 23.9 Å². The summed E-state index contributed by atoms with van der Waals surface area (Å²) in [6.45, 7) is 24.1. The molecule has 0 bridgehead atoms. The zero-order valence-electron chi connectivity index (χ0n) is 28.5. The summed E-state index contributed by atoms with van der Waals surface area (Å²) >= 11 is 0. The van der Waals surface area contributed by atoms with E-state index in [9.17, 15) is 9.90 Å². The molecule has 4 aromatic rings. The van der Waals surface area contributed by atoms with Crippen molar-refractivity contribution in [3.8, 4) is 11.3 Å². The van der Waals surface area contributed by atoms with Crippen LogP contribution in [0.4, 0.5) is 0 Å². The second kappa shape index (κ2) is 13.8. The third kappa shape index (κ3) is 6.54. The number of aryl methyl sites for hydroxylation is 2. The summed E-state index contributed by atoms with van der Waals surface area (Å²) in [5, 5.41) is 13.6. The minimum Gasteiger partial charge on any atom is -0.512 e. The smallest absolute Gasteiger partial charge is 0.162 e. The molecule has 0 spiro atoms. The van der Waals surface area contributed by atoms with Gasteiger partial charge in [0.15, 0.2) is 5.78 Å². The molecular formula is C38H50IrNO3Si-. The van der Waals surface area contributed by atoms with Crippen LogP contribution in [0.3, 0.4) is 0 Å². The van der Waals surface area contributed by atoms with Gasteiger partial charge >= 0.3 is 0 Å². The molecule has 2 aromatic heterocycles. The van der Waals surface area contributed by atoms with Gasteiger partial charge in [0.1, 0.15) is 11.2 Å². The first kappa shape index (κ1) is 35.9. The van der Waals surface area contributed by atoms with E-state index in [1.807, 2.05) is 33.9 Å². The second-order valence-electron chi connectivity index (χ2n) is 13.8. The van der Waals surface area contributed by atoms with Crippen molar-refractivity contribution in [3.05, 3.63) is 70.6 Å². The quantitative estimate of drug-likeness (QED) is 0.0836. The maximum atomic E-state index is 11.7. The van der Waals surface area contributed by atoms with Crippen molar-refractivity contribution in [2.24, 2.45) is 11.8 Å². The number of ketones is 1. The van der Waals surface area contributed by atoms with Gasteiger partial charge in [0, 0.05) is 60.5 Å². The number of furan rings is 1. The van der Waals surface area contributed by atoms with Crippen LogP contribution in [0.5, 0.6) is 0 Å². The number of pyridine rings is 1. The van der Waals surface area contributed by atoms with Crippen molar-refractivity contribution in [3.63, 3.8) is 0 Å². The predicted octanol–water partition coefficient (Wildman–Crippen LogP) is 10.1. The monoisotopic (exact) mass is 789 g/mol. The second-order valence-corrected chi connectivity index (χ2v) is 18.8. The molecule has 5 rings (SSSR count). The first-order valence-electron chi connectivity index (χ1n) is 16.0. The predicted molar refractivity (Wildman–Crippen MR) is 184 cm³/mol. The summed E-state index contributed by atoms with van der Waals surface area (Å²) in [5.74, 6) is 0.547. The van der Waals surface area contributed by atoms with E-state index in [1.54, 1.807) is 0 Å². The van der Waals surface area contributed by atoms with Gasteiger partial charge in [-0.05, 0) is 54.5 Å². The summed E-state index contributed by atoms with van der Waals surface area (Å²) < 4.78 is 6.61. The number of rotatable bonds is 8. The molecule has 6 heteroatoms. The molecule has 0 saturated carbocycles. The average Bonchev–Trinajstić information content (AvgIpc) is 3.32. The standard InChI is InChI=1S/C25H26NOSi.C13H24O2.Ir/c1-14-8-9-16-18(12-14)25(3,4)17-10-11-19(28(5,6)7)24-20(17)21-22(16)26-13-15(2)23(21)27-24;1-5-10(6-2)12(14)9-13(15)11(7-3)8-4;/h8,10-13H,1-7H3;9-11,14H,5-8H2,1-4H3;/q-1;;/b;12-9-;. The molecule has 1 aliphatic rings. The molecule has 2 aromatic carbocycles. The third-order valence-electron chi connectivity index (χ3n) is 9.38. The van der Waals surface area contributed by atoms with Gasteiger partial charge in [-0.25, -0.2) is 0 Å². The Morgan fingerprint density at radius 2 is 1.59 bits per heavy atom. The number of hydrogen-bond donors (Lipinski definition) is 1. The van der Waals surface area contributed by atoms with Crippen LogP contribution >= 0.6 is 0 Å². The number of nitrogens with zero attached hydrogens (tertiary/aromatic N) is 1. The molecule has 1 radical (unpaired) electrons. The Bertz CT molecular complexity index is 1680. The van der Waals surface area contributed by atoms with Gasteiger partial charge in [0.2, 0.25) is 0 Å². The number of benzene rings is 2. The van der Waals surface area contributed by atoms with Crippen molar-refractivity contribution < 1.29 is 34.4 Å². The Kier molecular flexibility index (Phi) is 11.3. The molecular weight excluding hydrogens is 739 g/mol. The fourth-order valence-electron chi connectivity index (χ4n) is 6.51. The Morgan fingerprint density at radius 1 is 0.977 bits per heavy atom. The number of hydrogen-bond acceptors (Lipinski definition) is 4. The van der Waals surface area contributed by atoms with Gasteiger partial charge < -0.3 is 14.5 Å². The van der Waals surface area contributed by atoms with Gasteiger partial charge in [0.25, 0.3) is 0 Å². The van der Waals surface area contributed by atoms with Crippen molar-refractivity contribution in [1.82, 2.24) is 4.98 Å². The SMILES string of the molecule is CCC(CC)C(=O)/C=C(\O)C(CC)CC.Cc1c[c-]c2c(c1)C(C)(C)c1ccc([Si](C)(C)C)c3oc4c(C)cnc-2c4c13.[Ir]. The van der Waals surface area contributed by atoms with Crippen molar-refractivity contribution in [2.45, 2.75) is 106 Å². The van der Waals surface area contributed by atoms with Crippen molar-refractivity contribution in [1.29, 1.82) is 0 Å². The fourth-order valence-corrected chi connectivity index (χ4v) is 7.95. The Balaban J connectivity index is 0.000000286. The van der Waals surface area contributed by atoms with Crippen molar-refractivity contribution >= 4 is 41.0 Å². The topological polar surface area (TPSA) is 63.3 Å². The molecule has 1 aliphatic carbocycles. The zero-order chi connectivity index (χ0) is 31.9. The number of carbonyl (C=O) groups excluding carboxylic acids is 1. The van der Waals surface area contributed by atoms with E-state index < -0.39 is 8.07 Å². The average molecular weight is 789 g/mol. The molecule has 0 aliphatic heterocycles. The van der Waals surface area contributed by atoms with Gasteiger partial charge in [-0.15, -0.1) is 34.9 Å². The molecule has 0 atom stereocenters. The zero-order valence-corrected chi connectivity index (χ0v) is 31.9. The Labute approximate surface area is 279 Å².